The zero-order chi connectivity index (χ0) is 12.2. The first-order valence-electron chi connectivity index (χ1n) is 5.95. The molecule has 0 saturated carbocycles. The molecule has 0 aliphatic heterocycles. The van der Waals surface area contributed by atoms with Gasteiger partial charge < -0.3 is 9.47 Å². The number of aryl methyl sites for hydroxylation is 1. The van der Waals surface area contributed by atoms with Crippen molar-refractivity contribution in [2.24, 2.45) is 0 Å². The molecule has 2 nitrogen and oxygen atoms in total. The van der Waals surface area contributed by atoms with Crippen LogP contribution in [-0.2, 0) is 16.1 Å². The van der Waals surface area contributed by atoms with Gasteiger partial charge in [0.05, 0.1) is 6.61 Å². The van der Waals surface area contributed by atoms with Gasteiger partial charge in [0, 0.05) is 20.3 Å². The molecule has 92 valence electrons. The minimum Gasteiger partial charge on any atom is -0.385 e. The van der Waals surface area contributed by atoms with Crippen LogP contribution in [-0.4, -0.2) is 20.3 Å². The Morgan fingerprint density at radius 2 is 1.62 bits per heavy atom. The fraction of sp³-hybridized carbons (Fsp3) is 0.571. The Kier molecular flexibility index (Phi) is 10.1. The Bertz CT molecular complexity index is 241. The summed E-state index contributed by atoms with van der Waals surface area (Å²) in [4.78, 5) is 0. The summed E-state index contributed by atoms with van der Waals surface area (Å²) in [5.41, 5.74) is 2.51. The highest BCUT2D eigenvalue weighted by molar-refractivity contribution is 5.20. The van der Waals surface area contributed by atoms with Crippen LogP contribution in [0.2, 0.25) is 0 Å². The third-order valence-electron chi connectivity index (χ3n) is 2.03. The van der Waals surface area contributed by atoms with E-state index >= 15 is 0 Å². The second-order valence-corrected chi connectivity index (χ2v) is 3.38. The minimum atomic E-state index is 0.698. The number of hydrogen-bond donors (Lipinski definition) is 0. The lowest BCUT2D eigenvalue weighted by Gasteiger charge is -2.04. The molecule has 0 bridgehead atoms. The van der Waals surface area contributed by atoms with E-state index in [9.17, 15) is 0 Å². The largest absolute Gasteiger partial charge is 0.385 e. The van der Waals surface area contributed by atoms with Crippen molar-refractivity contribution in [2.75, 3.05) is 20.3 Å². The molecule has 0 radical (unpaired) electrons. The first kappa shape index (κ1) is 15.1. The van der Waals surface area contributed by atoms with Gasteiger partial charge in [-0.25, -0.2) is 0 Å². The summed E-state index contributed by atoms with van der Waals surface area (Å²) in [6, 6.07) is 8.42. The van der Waals surface area contributed by atoms with Crippen LogP contribution in [0.15, 0.2) is 24.3 Å². The fourth-order valence-corrected chi connectivity index (χ4v) is 1.18. The highest BCUT2D eigenvalue weighted by Gasteiger charge is 1.92. The van der Waals surface area contributed by atoms with Gasteiger partial charge in [-0.05, 0) is 18.9 Å². The average molecular weight is 224 g/mol. The van der Waals surface area contributed by atoms with Crippen molar-refractivity contribution in [1.82, 2.24) is 0 Å². The fourth-order valence-electron chi connectivity index (χ4n) is 1.18. The maximum atomic E-state index is 5.48. The van der Waals surface area contributed by atoms with Crippen LogP contribution < -0.4 is 0 Å². The molecule has 2 heteroatoms. The number of methoxy groups -OCH3 is 1. The molecule has 1 rings (SSSR count). The lowest BCUT2D eigenvalue weighted by molar-refractivity contribution is 0.0928. The summed E-state index contributed by atoms with van der Waals surface area (Å²) in [7, 11) is 1.71. The van der Waals surface area contributed by atoms with Crippen LogP contribution in [0.3, 0.4) is 0 Å². The van der Waals surface area contributed by atoms with E-state index in [0.29, 0.717) is 6.61 Å². The molecule has 16 heavy (non-hydrogen) atoms. The third-order valence-corrected chi connectivity index (χ3v) is 2.03. The van der Waals surface area contributed by atoms with Gasteiger partial charge in [-0.2, -0.15) is 0 Å². The lowest BCUT2D eigenvalue weighted by Crippen LogP contribution is -1.99. The summed E-state index contributed by atoms with van der Waals surface area (Å²) in [5, 5.41) is 0. The smallest absolute Gasteiger partial charge is 0.0716 e. The van der Waals surface area contributed by atoms with E-state index in [1.807, 2.05) is 13.8 Å². The van der Waals surface area contributed by atoms with Gasteiger partial charge in [0.1, 0.15) is 0 Å². The normalized spacial score (nSPS) is 9.50. The van der Waals surface area contributed by atoms with Crippen molar-refractivity contribution in [1.29, 1.82) is 0 Å². The van der Waals surface area contributed by atoms with Gasteiger partial charge in [-0.15, -0.1) is 0 Å². The highest BCUT2D eigenvalue weighted by Crippen LogP contribution is 2.04. The Morgan fingerprint density at radius 1 is 1.00 bits per heavy atom. The predicted octanol–water partition coefficient (Wildman–Crippen LogP) is 3.57. The molecule has 0 fully saturated rings. The topological polar surface area (TPSA) is 18.5 Å². The zero-order valence-electron chi connectivity index (χ0n) is 11.0. The number of rotatable bonds is 6. The van der Waals surface area contributed by atoms with Gasteiger partial charge in [0.15, 0.2) is 0 Å². The molecule has 0 amide bonds. The summed E-state index contributed by atoms with van der Waals surface area (Å²) < 4.78 is 10.4. The Morgan fingerprint density at radius 3 is 2.19 bits per heavy atom. The van der Waals surface area contributed by atoms with Crippen LogP contribution in [0.25, 0.3) is 0 Å². The molecular weight excluding hydrogens is 200 g/mol. The quantitative estimate of drug-likeness (QED) is 0.688. The average Bonchev–Trinajstić information content (AvgIpc) is 2.34. The molecule has 0 aliphatic rings. The summed E-state index contributed by atoms with van der Waals surface area (Å²) in [5.74, 6) is 0. The molecule has 0 aromatic heterocycles. The van der Waals surface area contributed by atoms with E-state index < -0.39 is 0 Å². The van der Waals surface area contributed by atoms with Gasteiger partial charge in [0.2, 0.25) is 0 Å². The highest BCUT2D eigenvalue weighted by atomic mass is 16.5. The molecule has 1 aromatic carbocycles. The molecule has 0 aliphatic carbocycles. The summed E-state index contributed by atoms with van der Waals surface area (Å²) in [6.07, 6.45) is 0.961. The molecular formula is C14H24O2. The maximum absolute atomic E-state index is 5.48. The van der Waals surface area contributed by atoms with Crippen molar-refractivity contribution >= 4 is 0 Å². The number of ether oxygens (including phenoxy) is 2. The van der Waals surface area contributed by atoms with Crippen LogP contribution >= 0.6 is 0 Å². The van der Waals surface area contributed by atoms with E-state index in [1.54, 1.807) is 7.11 Å². The standard InChI is InChI=1S/C12H18O2.C2H6/c1-11-4-6-12(7-5-11)10-14-9-3-8-13-2;1-2/h4-7H,3,8-10H2,1-2H3;1-2H3. The van der Waals surface area contributed by atoms with Crippen molar-refractivity contribution < 1.29 is 9.47 Å². The molecule has 0 unspecified atom stereocenters. The van der Waals surface area contributed by atoms with Crippen LogP contribution in [0, 0.1) is 6.92 Å². The van der Waals surface area contributed by atoms with Gasteiger partial charge in [-0.3, -0.25) is 0 Å². The minimum absolute atomic E-state index is 0.698. The van der Waals surface area contributed by atoms with E-state index in [2.05, 4.69) is 31.2 Å². The zero-order valence-corrected chi connectivity index (χ0v) is 11.0. The van der Waals surface area contributed by atoms with Gasteiger partial charge in [0.25, 0.3) is 0 Å². The summed E-state index contributed by atoms with van der Waals surface area (Å²) >= 11 is 0. The van der Waals surface area contributed by atoms with Crippen molar-refractivity contribution in [2.45, 2.75) is 33.8 Å². The monoisotopic (exact) mass is 224 g/mol. The van der Waals surface area contributed by atoms with Crippen molar-refractivity contribution in [3.63, 3.8) is 0 Å². The van der Waals surface area contributed by atoms with Crippen molar-refractivity contribution in [3.05, 3.63) is 35.4 Å². The summed E-state index contributed by atoms with van der Waals surface area (Å²) in [6.45, 7) is 8.32. The predicted molar refractivity (Wildman–Crippen MR) is 68.7 cm³/mol. The van der Waals surface area contributed by atoms with E-state index in [4.69, 9.17) is 9.47 Å². The Labute approximate surface area is 99.6 Å². The second kappa shape index (κ2) is 10.7. The Balaban J connectivity index is 0.00000106. The van der Waals surface area contributed by atoms with E-state index in [0.717, 1.165) is 19.6 Å². The van der Waals surface area contributed by atoms with Crippen LogP contribution in [0.1, 0.15) is 31.4 Å². The lowest BCUT2D eigenvalue weighted by atomic mass is 10.2. The Hall–Kier alpha value is -0.860. The molecule has 0 heterocycles. The number of benzene rings is 1. The molecule has 0 atom stereocenters. The third kappa shape index (κ3) is 7.43. The van der Waals surface area contributed by atoms with Gasteiger partial charge in [-0.1, -0.05) is 43.7 Å². The molecule has 1 aromatic rings. The van der Waals surface area contributed by atoms with Crippen LogP contribution in [0.4, 0.5) is 0 Å². The first-order valence-corrected chi connectivity index (χ1v) is 5.95. The van der Waals surface area contributed by atoms with Gasteiger partial charge >= 0.3 is 0 Å². The second-order valence-electron chi connectivity index (χ2n) is 3.38. The van der Waals surface area contributed by atoms with E-state index in [1.165, 1.54) is 11.1 Å². The van der Waals surface area contributed by atoms with Crippen molar-refractivity contribution in [3.8, 4) is 0 Å². The molecule has 0 spiro atoms. The van der Waals surface area contributed by atoms with Crippen LogP contribution in [0.5, 0.6) is 0 Å². The van der Waals surface area contributed by atoms with E-state index in [-0.39, 0.29) is 0 Å². The molecule has 0 N–H and O–H groups in total. The first-order chi connectivity index (χ1) is 7.83. The SMILES string of the molecule is CC.COCCCOCc1ccc(C)cc1. The molecule has 0 saturated heterocycles. The maximum Gasteiger partial charge on any atom is 0.0716 e. The number of hydrogen-bond acceptors (Lipinski definition) is 2.